The summed E-state index contributed by atoms with van der Waals surface area (Å²) in [5, 5.41) is 52.4. The maximum absolute atomic E-state index is 14.8. The second kappa shape index (κ2) is 31.4. The normalized spacial score (nSPS) is 19.7. The zero-order chi connectivity index (χ0) is 69.4. The number of benzene rings is 5. The molecule has 0 radical (unpaired) electrons. The van der Waals surface area contributed by atoms with Gasteiger partial charge in [-0.25, -0.2) is 14.4 Å². The quantitative estimate of drug-likeness (QED) is 0.0198. The summed E-state index contributed by atoms with van der Waals surface area (Å²) in [4.78, 5) is 115. The lowest BCUT2D eigenvalue weighted by atomic mass is 9.89. The van der Waals surface area contributed by atoms with Gasteiger partial charge in [-0.15, -0.1) is 34.5 Å². The van der Waals surface area contributed by atoms with E-state index in [-0.39, 0.29) is 114 Å². The minimum Gasteiger partial charge on any atom is -0.461 e. The van der Waals surface area contributed by atoms with Gasteiger partial charge in [-0.3, -0.25) is 24.0 Å². The zero-order valence-electron chi connectivity index (χ0n) is 54.4. The molecule has 0 spiro atoms. The van der Waals surface area contributed by atoms with Crippen molar-refractivity contribution in [2.75, 3.05) is 80.3 Å². The zero-order valence-corrected chi connectivity index (χ0v) is 56.8. The van der Waals surface area contributed by atoms with Gasteiger partial charge in [0.15, 0.2) is 5.78 Å². The molecule has 5 aromatic carbocycles. The van der Waals surface area contributed by atoms with E-state index in [2.05, 4.69) is 16.0 Å². The number of alkyl halides is 2. The van der Waals surface area contributed by atoms with E-state index in [0.717, 1.165) is 33.4 Å². The van der Waals surface area contributed by atoms with Crippen LogP contribution in [0.1, 0.15) is 108 Å². The molecule has 27 heteroatoms. The van der Waals surface area contributed by atoms with Crippen molar-refractivity contribution in [2.24, 2.45) is 17.6 Å². The molecule has 1 saturated heterocycles. The number of Topliss-reactive ketones (excluding diaryl/α,β-unsaturated/α-hetero) is 1. The lowest BCUT2D eigenvalue weighted by Crippen LogP contribution is -2.60. The number of fused-ring (bicyclic) bond motifs is 6. The predicted octanol–water partition coefficient (Wildman–Crippen LogP) is 8.23. The molecule has 514 valence electrons. The average molecular weight is 1380 g/mol. The summed E-state index contributed by atoms with van der Waals surface area (Å²) in [6.07, 6.45) is -8.29. The summed E-state index contributed by atoms with van der Waals surface area (Å²) in [5.41, 5.74) is 8.22. The Bertz CT molecular complexity index is 3870. The van der Waals surface area contributed by atoms with Crippen molar-refractivity contribution in [1.82, 2.24) is 20.4 Å². The highest BCUT2D eigenvalue weighted by molar-refractivity contribution is 7.16. The minimum absolute atomic E-state index is 0.104. The van der Waals surface area contributed by atoms with Crippen LogP contribution in [0.4, 0.5) is 31.4 Å². The molecule has 1 aromatic heterocycles. The van der Waals surface area contributed by atoms with E-state index in [9.17, 15) is 58.8 Å². The van der Waals surface area contributed by atoms with Gasteiger partial charge < -0.3 is 80.7 Å². The number of nitrogens with zero attached hydrogens (tertiary/aromatic N) is 4. The SMILES string of the molecule is CC(C)[C@H](NC(=O)OC(C)(C)C)C(=O)C[C@@H](CCCNC(N)=O)C(=O)Nc1ccc(CCC(=O)N(C)CCN(C)C(=O)Oc2cc3c(c4ccccc24)[C@H](CCl)CN3C(=O)c2ccc(C(=O)N3C[C@@H](CCl)c4c3cc(O[C@@H]3O[C@H](CO)[C@H](O)[C@H](O)[C@H]3O)c3ccccc43)s2)cc1. The van der Waals surface area contributed by atoms with Gasteiger partial charge in [-0.05, 0) is 97.7 Å². The van der Waals surface area contributed by atoms with Crippen LogP contribution in [0.2, 0.25) is 0 Å². The largest absolute Gasteiger partial charge is 0.461 e. The van der Waals surface area contributed by atoms with Crippen LogP contribution in [0.25, 0.3) is 21.5 Å². The van der Waals surface area contributed by atoms with Crippen molar-refractivity contribution >= 4 is 121 Å². The molecule has 6 aromatic rings. The Balaban J connectivity index is 0.821. The van der Waals surface area contributed by atoms with Crippen molar-refractivity contribution in [3.63, 3.8) is 0 Å². The third kappa shape index (κ3) is 16.6. The third-order valence-electron chi connectivity index (χ3n) is 17.3. The number of anilines is 3. The predicted molar refractivity (Wildman–Crippen MR) is 364 cm³/mol. The van der Waals surface area contributed by atoms with Gasteiger partial charge in [0.05, 0.1) is 33.8 Å². The molecular formula is C69H82Cl2N8O16S. The fourth-order valence-electron chi connectivity index (χ4n) is 12.2. The number of nitrogens with two attached hydrogens (primary N) is 1. The Morgan fingerprint density at radius 2 is 1.30 bits per heavy atom. The lowest BCUT2D eigenvalue weighted by Gasteiger charge is -2.39. The highest BCUT2D eigenvalue weighted by Gasteiger charge is 2.46. The van der Waals surface area contributed by atoms with E-state index in [1.807, 2.05) is 36.4 Å². The number of thiophene rings is 1. The lowest BCUT2D eigenvalue weighted by molar-refractivity contribution is -0.277. The van der Waals surface area contributed by atoms with Crippen molar-refractivity contribution in [3.05, 3.63) is 124 Å². The minimum atomic E-state index is -1.69. The number of ketones is 1. The van der Waals surface area contributed by atoms with Crippen LogP contribution in [-0.4, -0.2) is 185 Å². The fourth-order valence-corrected chi connectivity index (χ4v) is 13.6. The Morgan fingerprint density at radius 3 is 1.84 bits per heavy atom. The topological polar surface area (TPSA) is 329 Å². The van der Waals surface area contributed by atoms with Crippen molar-refractivity contribution in [2.45, 2.75) is 121 Å². The standard InChI is InChI=1S/C69H82Cl2N8O16S/c1-37(2)58(75-67(90)95-69(3,4)5)49(81)29-39(13-12-26-73-66(72)89)62(86)74-42-21-18-38(19-22-42)20-25-55(82)76(6)27-28-77(7)68(91)94-51-31-48-57(46-17-11-9-15-44(46)51)41(33-71)35-79(48)64(88)54-24-23-53(96-54)63(87)78-34-40(32-70)56-45-16-10-8-14-43(45)50(30-47(56)78)92-65-61(85)60(84)59(83)52(36-80)93-65/h8-11,14-19,21-24,30-31,37,39-41,52,58-61,65,80,83-85H,12-13,20,25-29,32-36H2,1-7H3,(H,74,86)(H,75,90)(H3,72,73,89)/t39-,40-,41-,52-,58+,59+,60+,61-,65-/m1/s1. The molecule has 1 fully saturated rings. The number of carbonyl (C=O) groups is 8. The molecule has 3 aliphatic heterocycles. The van der Waals surface area contributed by atoms with Gasteiger partial charge in [0.25, 0.3) is 11.8 Å². The Morgan fingerprint density at radius 1 is 0.750 bits per heavy atom. The average Bonchev–Trinajstić information content (AvgIpc) is 1.65. The molecule has 9 N–H and O–H groups in total. The van der Waals surface area contributed by atoms with Gasteiger partial charge in [0, 0.05) is 118 Å². The van der Waals surface area contributed by atoms with Gasteiger partial charge in [-0.2, -0.15) is 0 Å². The number of rotatable bonds is 25. The monoisotopic (exact) mass is 1380 g/mol. The van der Waals surface area contributed by atoms with Gasteiger partial charge >= 0.3 is 18.2 Å². The van der Waals surface area contributed by atoms with E-state index >= 15 is 0 Å². The molecule has 0 unspecified atom stereocenters. The van der Waals surface area contributed by atoms with E-state index < -0.39 is 90.8 Å². The van der Waals surface area contributed by atoms with E-state index in [0.29, 0.717) is 46.1 Å². The summed E-state index contributed by atoms with van der Waals surface area (Å²) in [6.45, 7) is 8.86. The molecule has 9 rings (SSSR count). The van der Waals surface area contributed by atoms with Gasteiger partial charge in [-0.1, -0.05) is 74.5 Å². The van der Waals surface area contributed by atoms with Crippen molar-refractivity contribution in [1.29, 1.82) is 0 Å². The molecule has 0 aliphatic carbocycles. The number of aryl methyl sites for hydroxylation is 1. The summed E-state index contributed by atoms with van der Waals surface area (Å²) >= 11 is 14.3. The second-order valence-electron chi connectivity index (χ2n) is 25.7. The van der Waals surface area contributed by atoms with Crippen LogP contribution in [0.15, 0.2) is 97.1 Å². The molecule has 0 saturated carbocycles. The first kappa shape index (κ1) is 72.1. The molecule has 0 bridgehead atoms. The third-order valence-corrected chi connectivity index (χ3v) is 19.1. The number of nitrogens with one attached hydrogen (secondary N) is 3. The number of likely N-dealkylation sites (N-methyl/N-ethyl adjacent to an activating group) is 2. The van der Waals surface area contributed by atoms with Crippen LogP contribution in [-0.2, 0) is 30.3 Å². The number of amides is 8. The summed E-state index contributed by atoms with van der Waals surface area (Å²) in [6, 6.07) is 26.4. The van der Waals surface area contributed by atoms with Gasteiger partial charge in [0.2, 0.25) is 18.1 Å². The molecule has 8 amide bonds. The van der Waals surface area contributed by atoms with Crippen LogP contribution in [0.3, 0.4) is 0 Å². The summed E-state index contributed by atoms with van der Waals surface area (Å²) < 4.78 is 23.4. The maximum atomic E-state index is 14.8. The highest BCUT2D eigenvalue weighted by atomic mass is 35.5. The van der Waals surface area contributed by atoms with Crippen LogP contribution in [0.5, 0.6) is 11.5 Å². The van der Waals surface area contributed by atoms with Crippen LogP contribution >= 0.6 is 34.5 Å². The number of primary amides is 1. The number of carbonyl (C=O) groups excluding carboxylic acids is 8. The molecule has 4 heterocycles. The number of halogens is 2. The molecule has 24 nitrogen and oxygen atoms in total. The van der Waals surface area contributed by atoms with Gasteiger partial charge in [0.1, 0.15) is 41.5 Å². The van der Waals surface area contributed by atoms with Crippen LogP contribution in [0, 0.1) is 11.8 Å². The smallest absolute Gasteiger partial charge is 0.415 e. The molecule has 9 atom stereocenters. The molecule has 3 aliphatic rings. The number of hydrogen-bond acceptors (Lipinski definition) is 17. The van der Waals surface area contributed by atoms with E-state index in [1.54, 1.807) is 119 Å². The number of alkyl carbamates (subject to hydrolysis) is 1. The number of ether oxygens (including phenoxy) is 4. The Hall–Kier alpha value is -8.14. The maximum Gasteiger partial charge on any atom is 0.415 e. The number of urea groups is 1. The molecule has 96 heavy (non-hydrogen) atoms. The van der Waals surface area contributed by atoms with Crippen molar-refractivity contribution in [3.8, 4) is 11.5 Å². The number of hydrogen-bond donors (Lipinski definition) is 8. The number of aliphatic hydroxyl groups excluding tert-OH is 4. The second-order valence-corrected chi connectivity index (χ2v) is 27.4. The van der Waals surface area contributed by atoms with Crippen LogP contribution < -0.4 is 41.0 Å². The van der Waals surface area contributed by atoms with Crippen molar-refractivity contribution < 1.29 is 77.7 Å². The Labute approximate surface area is 569 Å². The Kier molecular flexibility index (Phi) is 23.6. The van der Waals surface area contributed by atoms with E-state index in [1.165, 1.54) is 9.80 Å². The first-order valence-electron chi connectivity index (χ1n) is 31.8. The fraction of sp³-hybridized carbons (Fsp3) is 0.449. The first-order chi connectivity index (χ1) is 45.7. The summed E-state index contributed by atoms with van der Waals surface area (Å²) in [7, 11) is 3.19. The van der Waals surface area contributed by atoms with E-state index in [4.69, 9.17) is 47.9 Å². The first-order valence-corrected chi connectivity index (χ1v) is 33.6. The summed E-state index contributed by atoms with van der Waals surface area (Å²) in [5.74, 6) is -2.87. The highest BCUT2D eigenvalue weighted by Crippen LogP contribution is 2.49. The number of aliphatic hydroxyl groups is 4. The molecular weight excluding hydrogens is 1300 g/mol.